The minimum Gasteiger partial charge on any atom is -0.493 e. The summed E-state index contributed by atoms with van der Waals surface area (Å²) in [6.07, 6.45) is 1.87. The van der Waals surface area contributed by atoms with E-state index in [-0.39, 0.29) is 0 Å². The zero-order valence-corrected chi connectivity index (χ0v) is 13.0. The number of benzene rings is 1. The first-order chi connectivity index (χ1) is 9.65. The monoisotopic (exact) mass is 293 g/mol. The van der Waals surface area contributed by atoms with Crippen LogP contribution in [-0.4, -0.2) is 38.3 Å². The van der Waals surface area contributed by atoms with Crippen LogP contribution in [0, 0.1) is 0 Å². The number of nitrogens with zero attached hydrogens (tertiary/aromatic N) is 2. The number of hydrogen-bond acceptors (Lipinski definition) is 6. The molecule has 5 nitrogen and oxygen atoms in total. The molecule has 0 spiro atoms. The predicted octanol–water partition coefficient (Wildman–Crippen LogP) is 2.39. The standard InChI is InChI=1S/C14H19N3O2S/c1-17(2)16-9-13-15-8-12(20-13)10-6-5-7-11(18-3)14(10)19-4/h5-8,16H,9H2,1-4H3. The van der Waals surface area contributed by atoms with Crippen molar-refractivity contribution in [2.75, 3.05) is 28.3 Å². The highest BCUT2D eigenvalue weighted by Gasteiger charge is 2.13. The second kappa shape index (κ2) is 6.69. The first-order valence-electron chi connectivity index (χ1n) is 6.22. The molecule has 0 aliphatic heterocycles. The average Bonchev–Trinajstić information content (AvgIpc) is 2.92. The lowest BCUT2D eigenvalue weighted by Gasteiger charge is -2.11. The third-order valence-corrected chi connectivity index (χ3v) is 3.80. The number of rotatable bonds is 6. The summed E-state index contributed by atoms with van der Waals surface area (Å²) in [4.78, 5) is 5.49. The van der Waals surface area contributed by atoms with Gasteiger partial charge in [0, 0.05) is 25.9 Å². The molecule has 0 amide bonds. The summed E-state index contributed by atoms with van der Waals surface area (Å²) < 4.78 is 10.8. The summed E-state index contributed by atoms with van der Waals surface area (Å²) >= 11 is 1.64. The Kier molecular flexibility index (Phi) is 4.94. The molecule has 0 bridgehead atoms. The smallest absolute Gasteiger partial charge is 0.169 e. The van der Waals surface area contributed by atoms with Crippen molar-refractivity contribution in [2.45, 2.75) is 6.54 Å². The lowest BCUT2D eigenvalue weighted by molar-refractivity contribution is 0.286. The Bertz CT molecular complexity index is 569. The van der Waals surface area contributed by atoms with Crippen molar-refractivity contribution in [3.8, 4) is 21.9 Å². The molecular formula is C14H19N3O2S. The van der Waals surface area contributed by atoms with Gasteiger partial charge in [-0.1, -0.05) is 6.07 Å². The fourth-order valence-electron chi connectivity index (χ4n) is 1.82. The molecule has 108 valence electrons. The number of para-hydroxylation sites is 1. The maximum absolute atomic E-state index is 5.46. The predicted molar refractivity (Wildman–Crippen MR) is 81.2 cm³/mol. The van der Waals surface area contributed by atoms with E-state index in [4.69, 9.17) is 9.47 Å². The largest absolute Gasteiger partial charge is 0.493 e. The zero-order chi connectivity index (χ0) is 14.5. The lowest BCUT2D eigenvalue weighted by atomic mass is 10.1. The van der Waals surface area contributed by atoms with Gasteiger partial charge < -0.3 is 9.47 Å². The first kappa shape index (κ1) is 14.8. The van der Waals surface area contributed by atoms with Gasteiger partial charge >= 0.3 is 0 Å². The van der Waals surface area contributed by atoms with Crippen LogP contribution in [0.1, 0.15) is 5.01 Å². The van der Waals surface area contributed by atoms with Crippen LogP contribution in [0.5, 0.6) is 11.5 Å². The van der Waals surface area contributed by atoms with E-state index in [1.54, 1.807) is 25.6 Å². The molecule has 2 aromatic rings. The number of nitrogens with one attached hydrogen (secondary N) is 1. The molecule has 0 radical (unpaired) electrons. The quantitative estimate of drug-likeness (QED) is 0.829. The fourth-order valence-corrected chi connectivity index (χ4v) is 2.70. The van der Waals surface area contributed by atoms with Crippen LogP contribution in [0.4, 0.5) is 0 Å². The van der Waals surface area contributed by atoms with Crippen LogP contribution in [0.25, 0.3) is 10.4 Å². The second-order valence-corrected chi connectivity index (χ2v) is 5.50. The minimum absolute atomic E-state index is 0.712. The Morgan fingerprint density at radius 2 is 2.05 bits per heavy atom. The van der Waals surface area contributed by atoms with Crippen molar-refractivity contribution in [1.82, 2.24) is 15.4 Å². The fraction of sp³-hybridized carbons (Fsp3) is 0.357. The van der Waals surface area contributed by atoms with Gasteiger partial charge in [-0.2, -0.15) is 0 Å². The van der Waals surface area contributed by atoms with Crippen molar-refractivity contribution < 1.29 is 9.47 Å². The molecule has 20 heavy (non-hydrogen) atoms. The van der Waals surface area contributed by atoms with Crippen molar-refractivity contribution in [1.29, 1.82) is 0 Å². The summed E-state index contributed by atoms with van der Waals surface area (Å²) in [5.74, 6) is 1.47. The van der Waals surface area contributed by atoms with Crippen LogP contribution >= 0.6 is 11.3 Å². The minimum atomic E-state index is 0.712. The van der Waals surface area contributed by atoms with E-state index < -0.39 is 0 Å². The summed E-state index contributed by atoms with van der Waals surface area (Å²) in [5, 5.41) is 2.94. The van der Waals surface area contributed by atoms with Gasteiger partial charge in [0.1, 0.15) is 5.01 Å². The molecule has 0 saturated carbocycles. The Labute approximate surface area is 123 Å². The van der Waals surface area contributed by atoms with Crippen LogP contribution in [0.3, 0.4) is 0 Å². The van der Waals surface area contributed by atoms with Crippen molar-refractivity contribution >= 4 is 11.3 Å². The Morgan fingerprint density at radius 3 is 2.70 bits per heavy atom. The maximum atomic E-state index is 5.46. The third kappa shape index (κ3) is 3.27. The van der Waals surface area contributed by atoms with E-state index in [9.17, 15) is 0 Å². The number of hydrogen-bond donors (Lipinski definition) is 1. The highest BCUT2D eigenvalue weighted by molar-refractivity contribution is 7.15. The van der Waals surface area contributed by atoms with E-state index in [1.807, 2.05) is 43.5 Å². The molecule has 2 rings (SSSR count). The van der Waals surface area contributed by atoms with Gasteiger partial charge in [0.15, 0.2) is 11.5 Å². The molecule has 6 heteroatoms. The number of ether oxygens (including phenoxy) is 2. The van der Waals surface area contributed by atoms with Crippen LogP contribution < -0.4 is 14.9 Å². The molecule has 0 unspecified atom stereocenters. The molecule has 0 fully saturated rings. The van der Waals surface area contributed by atoms with E-state index in [2.05, 4.69) is 10.4 Å². The van der Waals surface area contributed by atoms with Gasteiger partial charge in [0.25, 0.3) is 0 Å². The third-order valence-electron chi connectivity index (χ3n) is 2.77. The SMILES string of the molecule is COc1cccc(-c2cnc(CNN(C)C)s2)c1OC. The van der Waals surface area contributed by atoms with E-state index in [0.717, 1.165) is 26.9 Å². The first-order valence-corrected chi connectivity index (χ1v) is 7.04. The van der Waals surface area contributed by atoms with E-state index in [0.29, 0.717) is 6.54 Å². The molecule has 1 heterocycles. The number of hydrazine groups is 1. The molecule has 0 saturated heterocycles. The summed E-state index contributed by atoms with van der Waals surface area (Å²) in [7, 11) is 7.21. The molecule has 0 aliphatic rings. The van der Waals surface area contributed by atoms with Gasteiger partial charge in [0.05, 0.1) is 25.6 Å². The normalized spacial score (nSPS) is 10.8. The van der Waals surface area contributed by atoms with E-state index >= 15 is 0 Å². The molecule has 1 N–H and O–H groups in total. The lowest BCUT2D eigenvalue weighted by Crippen LogP contribution is -2.29. The molecule has 1 aromatic carbocycles. The average molecular weight is 293 g/mol. The van der Waals surface area contributed by atoms with Gasteiger partial charge in [0.2, 0.25) is 0 Å². The molecule has 0 aliphatic carbocycles. The highest BCUT2D eigenvalue weighted by atomic mass is 32.1. The van der Waals surface area contributed by atoms with Crippen LogP contribution in [0.15, 0.2) is 24.4 Å². The van der Waals surface area contributed by atoms with Gasteiger partial charge in [-0.15, -0.1) is 11.3 Å². The molecule has 0 atom stereocenters. The van der Waals surface area contributed by atoms with Crippen molar-refractivity contribution in [3.05, 3.63) is 29.4 Å². The highest BCUT2D eigenvalue weighted by Crippen LogP contribution is 2.39. The van der Waals surface area contributed by atoms with Gasteiger partial charge in [-0.25, -0.2) is 10.4 Å². The maximum Gasteiger partial charge on any atom is 0.169 e. The summed E-state index contributed by atoms with van der Waals surface area (Å²) in [5.41, 5.74) is 4.20. The van der Waals surface area contributed by atoms with Crippen molar-refractivity contribution in [3.63, 3.8) is 0 Å². The Morgan fingerprint density at radius 1 is 1.25 bits per heavy atom. The van der Waals surface area contributed by atoms with Crippen LogP contribution in [0.2, 0.25) is 0 Å². The van der Waals surface area contributed by atoms with Crippen LogP contribution in [-0.2, 0) is 6.54 Å². The Balaban J connectivity index is 2.28. The molecular weight excluding hydrogens is 274 g/mol. The summed E-state index contributed by atoms with van der Waals surface area (Å²) in [6, 6.07) is 5.85. The van der Waals surface area contributed by atoms with Crippen molar-refractivity contribution in [2.24, 2.45) is 0 Å². The zero-order valence-electron chi connectivity index (χ0n) is 12.1. The number of aromatic nitrogens is 1. The Hall–Kier alpha value is -1.63. The van der Waals surface area contributed by atoms with Gasteiger partial charge in [-0.3, -0.25) is 5.01 Å². The molecule has 1 aromatic heterocycles. The second-order valence-electron chi connectivity index (χ2n) is 4.39. The van der Waals surface area contributed by atoms with Gasteiger partial charge in [-0.05, 0) is 12.1 Å². The van der Waals surface area contributed by atoms with E-state index in [1.165, 1.54) is 0 Å². The topological polar surface area (TPSA) is 46.6 Å². The number of thiazole rings is 1. The number of methoxy groups -OCH3 is 2. The summed E-state index contributed by atoms with van der Waals surface area (Å²) in [6.45, 7) is 0.712.